The number of carboxylic acid groups (broad SMARTS) is 1. The van der Waals surface area contributed by atoms with Crippen molar-refractivity contribution in [3.8, 4) is 22.6 Å². The van der Waals surface area contributed by atoms with Crippen LogP contribution >= 0.6 is 11.6 Å². The fourth-order valence-electron chi connectivity index (χ4n) is 5.46. The Hall–Kier alpha value is -4.54. The van der Waals surface area contributed by atoms with E-state index in [1.165, 1.54) is 18.3 Å². The van der Waals surface area contributed by atoms with E-state index in [0.29, 0.717) is 52.0 Å². The maximum atomic E-state index is 15.8. The SMILES string of the molecule is C[C@@]1(c2ccc(Cl)cn2)Oc2cccc(-c3cc(F)c(Cc4nc5ccc(C(=O)O)cc5n4C[C@@H]4CCO4)cc3F)c2O1. The van der Waals surface area contributed by atoms with Crippen LogP contribution in [0.2, 0.25) is 5.02 Å². The summed E-state index contributed by atoms with van der Waals surface area (Å²) in [7, 11) is 0. The molecule has 1 N–H and O–H groups in total. The van der Waals surface area contributed by atoms with Crippen molar-refractivity contribution in [1.29, 1.82) is 0 Å². The molecule has 1 saturated heterocycles. The predicted molar refractivity (Wildman–Crippen MR) is 154 cm³/mol. The highest BCUT2D eigenvalue weighted by molar-refractivity contribution is 6.30. The lowest BCUT2D eigenvalue weighted by Crippen LogP contribution is -2.32. The molecule has 3 aromatic carbocycles. The van der Waals surface area contributed by atoms with Crippen molar-refractivity contribution in [2.45, 2.75) is 38.2 Å². The molecular weight excluding hydrogens is 580 g/mol. The first kappa shape index (κ1) is 27.3. The minimum absolute atomic E-state index is 0.0116. The average Bonchev–Trinajstić information content (AvgIpc) is 3.49. The van der Waals surface area contributed by atoms with Gasteiger partial charge in [-0.1, -0.05) is 23.7 Å². The summed E-state index contributed by atoms with van der Waals surface area (Å²) < 4.78 is 51.1. The first-order valence-electron chi connectivity index (χ1n) is 13.6. The maximum absolute atomic E-state index is 15.8. The molecule has 0 unspecified atom stereocenters. The van der Waals surface area contributed by atoms with Gasteiger partial charge in [0.15, 0.2) is 11.5 Å². The zero-order valence-corrected chi connectivity index (χ0v) is 23.6. The number of nitrogens with zero attached hydrogens (tertiary/aromatic N) is 3. The van der Waals surface area contributed by atoms with Gasteiger partial charge in [-0.2, -0.15) is 0 Å². The molecule has 8 nitrogen and oxygen atoms in total. The second-order valence-corrected chi connectivity index (χ2v) is 11.1. The number of ether oxygens (including phenoxy) is 3. The largest absolute Gasteiger partial charge is 0.478 e. The van der Waals surface area contributed by atoms with Crippen molar-refractivity contribution >= 4 is 28.6 Å². The summed E-state index contributed by atoms with van der Waals surface area (Å²) in [6.45, 7) is 2.75. The Balaban J connectivity index is 1.23. The van der Waals surface area contributed by atoms with Crippen molar-refractivity contribution in [2.24, 2.45) is 0 Å². The van der Waals surface area contributed by atoms with E-state index < -0.39 is 23.4 Å². The van der Waals surface area contributed by atoms with Crippen LogP contribution in [0.3, 0.4) is 0 Å². The van der Waals surface area contributed by atoms with Crippen molar-refractivity contribution in [1.82, 2.24) is 14.5 Å². The number of fused-ring (bicyclic) bond motifs is 2. The van der Waals surface area contributed by atoms with Gasteiger partial charge in [0.25, 0.3) is 5.79 Å². The summed E-state index contributed by atoms with van der Waals surface area (Å²) in [6, 6.07) is 15.3. The Morgan fingerprint density at radius 1 is 1.09 bits per heavy atom. The molecular formula is C32H24ClF2N3O5. The number of hydrogen-bond acceptors (Lipinski definition) is 6. The quantitative estimate of drug-likeness (QED) is 0.220. The lowest BCUT2D eigenvalue weighted by molar-refractivity contribution is -0.0715. The number of aromatic nitrogens is 3. The molecule has 0 aliphatic carbocycles. The second-order valence-electron chi connectivity index (χ2n) is 10.7. The summed E-state index contributed by atoms with van der Waals surface area (Å²) >= 11 is 5.98. The third kappa shape index (κ3) is 4.86. The molecule has 2 aromatic heterocycles. The van der Waals surface area contributed by atoms with E-state index in [1.54, 1.807) is 43.3 Å². The van der Waals surface area contributed by atoms with Crippen molar-refractivity contribution in [2.75, 3.05) is 6.61 Å². The number of para-hydroxylation sites is 1. The van der Waals surface area contributed by atoms with E-state index in [-0.39, 0.29) is 35.0 Å². The number of benzene rings is 3. The molecule has 0 bridgehead atoms. The lowest BCUT2D eigenvalue weighted by Gasteiger charge is -2.27. The van der Waals surface area contributed by atoms with Crippen LogP contribution in [0.5, 0.6) is 11.5 Å². The number of carbonyl (C=O) groups is 1. The normalized spacial score (nSPS) is 19.0. The molecule has 0 radical (unpaired) electrons. The number of imidazole rings is 1. The van der Waals surface area contributed by atoms with Crippen LogP contribution in [0, 0.1) is 11.6 Å². The van der Waals surface area contributed by atoms with Crippen molar-refractivity contribution in [3.63, 3.8) is 0 Å². The molecule has 1 fully saturated rings. The highest BCUT2D eigenvalue weighted by Gasteiger charge is 2.41. The monoisotopic (exact) mass is 603 g/mol. The molecule has 2 aliphatic rings. The fraction of sp³-hybridized carbons (Fsp3) is 0.219. The highest BCUT2D eigenvalue weighted by Crippen LogP contribution is 2.49. The molecule has 0 spiro atoms. The van der Waals surface area contributed by atoms with Gasteiger partial charge in [-0.05, 0) is 60.5 Å². The Morgan fingerprint density at radius 2 is 1.93 bits per heavy atom. The average molecular weight is 604 g/mol. The van der Waals surface area contributed by atoms with Gasteiger partial charge in [0.2, 0.25) is 0 Å². The van der Waals surface area contributed by atoms with Gasteiger partial charge in [0.1, 0.15) is 23.2 Å². The number of rotatable bonds is 7. The van der Waals surface area contributed by atoms with Crippen LogP contribution in [0.4, 0.5) is 8.78 Å². The minimum atomic E-state index is -1.29. The van der Waals surface area contributed by atoms with E-state index >= 15 is 8.78 Å². The molecule has 43 heavy (non-hydrogen) atoms. The number of halogens is 3. The fourth-order valence-corrected chi connectivity index (χ4v) is 5.58. The van der Waals surface area contributed by atoms with Gasteiger partial charge in [0, 0.05) is 37.3 Å². The Bertz CT molecular complexity index is 1910. The molecule has 0 saturated carbocycles. The van der Waals surface area contributed by atoms with Gasteiger partial charge < -0.3 is 23.9 Å². The number of pyridine rings is 1. The van der Waals surface area contributed by atoms with Crippen LogP contribution in [0.25, 0.3) is 22.2 Å². The van der Waals surface area contributed by atoms with Gasteiger partial charge in [0.05, 0.1) is 34.3 Å². The number of hydrogen-bond donors (Lipinski definition) is 1. The highest BCUT2D eigenvalue weighted by atomic mass is 35.5. The first-order chi connectivity index (χ1) is 20.7. The van der Waals surface area contributed by atoms with Gasteiger partial charge in [-0.15, -0.1) is 0 Å². The van der Waals surface area contributed by atoms with E-state index in [9.17, 15) is 9.90 Å². The maximum Gasteiger partial charge on any atom is 0.335 e. The molecule has 7 rings (SSSR count). The zero-order chi connectivity index (χ0) is 29.9. The summed E-state index contributed by atoms with van der Waals surface area (Å²) in [4.78, 5) is 20.5. The number of carboxylic acids is 1. The van der Waals surface area contributed by atoms with E-state index in [4.69, 9.17) is 25.8 Å². The summed E-state index contributed by atoms with van der Waals surface area (Å²) in [5.41, 5.74) is 2.18. The smallest absolute Gasteiger partial charge is 0.335 e. The van der Waals surface area contributed by atoms with E-state index in [1.807, 2.05) is 4.57 Å². The summed E-state index contributed by atoms with van der Waals surface area (Å²) in [5, 5.41) is 9.94. The third-order valence-corrected chi connectivity index (χ3v) is 8.03. The lowest BCUT2D eigenvalue weighted by atomic mass is 10.00. The second kappa shape index (κ2) is 10.3. The van der Waals surface area contributed by atoms with Crippen LogP contribution in [-0.2, 0) is 23.5 Å². The predicted octanol–water partition coefficient (Wildman–Crippen LogP) is 6.75. The van der Waals surface area contributed by atoms with Crippen LogP contribution in [0.1, 0.15) is 40.8 Å². The molecule has 0 amide bonds. The molecule has 2 atom stereocenters. The topological polar surface area (TPSA) is 95.7 Å². The molecule has 11 heteroatoms. The van der Waals surface area contributed by atoms with E-state index in [0.717, 1.165) is 18.6 Å². The molecule has 4 heterocycles. The molecule has 2 aliphatic heterocycles. The first-order valence-corrected chi connectivity index (χ1v) is 14.0. The number of aromatic carboxylic acids is 1. The van der Waals surface area contributed by atoms with Crippen molar-refractivity contribution in [3.05, 3.63) is 106 Å². The molecule has 5 aromatic rings. The third-order valence-electron chi connectivity index (χ3n) is 7.80. The standard InChI is InChI=1S/C32H24ClF2N3O5/c1-32(28-8-6-19(33)15-36-28)42-27-4-2-3-21(30(27)43-32)22-14-23(34)18(11-24(22)35)13-29-37-25-7-5-17(31(39)40)12-26(25)38(29)16-20-9-10-41-20/h2-8,11-12,14-15,20H,9-10,13,16H2,1H3,(H,39,40)/t20-,32+/m0/s1. The minimum Gasteiger partial charge on any atom is -0.478 e. The van der Waals surface area contributed by atoms with Gasteiger partial charge >= 0.3 is 5.97 Å². The van der Waals surface area contributed by atoms with Crippen LogP contribution in [-0.4, -0.2) is 38.3 Å². The van der Waals surface area contributed by atoms with Crippen LogP contribution < -0.4 is 9.47 Å². The van der Waals surface area contributed by atoms with E-state index in [2.05, 4.69) is 9.97 Å². The van der Waals surface area contributed by atoms with Gasteiger partial charge in [-0.25, -0.2) is 18.6 Å². The summed E-state index contributed by atoms with van der Waals surface area (Å²) in [6.07, 6.45) is 2.24. The molecule has 218 valence electrons. The van der Waals surface area contributed by atoms with Crippen molar-refractivity contribution < 1.29 is 32.9 Å². The van der Waals surface area contributed by atoms with Crippen LogP contribution in [0.15, 0.2) is 66.9 Å². The van der Waals surface area contributed by atoms with Gasteiger partial charge in [-0.3, -0.25) is 4.98 Å². The summed E-state index contributed by atoms with van der Waals surface area (Å²) in [5.74, 6) is -2.52. The Morgan fingerprint density at radius 3 is 2.65 bits per heavy atom. The zero-order valence-electron chi connectivity index (χ0n) is 22.8. The Kier molecular flexibility index (Phi) is 6.55. The Labute approximate surface area is 249 Å².